The van der Waals surface area contributed by atoms with Gasteiger partial charge < -0.3 is 11.1 Å². The summed E-state index contributed by atoms with van der Waals surface area (Å²) in [6.07, 6.45) is 0. The van der Waals surface area contributed by atoms with Crippen molar-refractivity contribution in [2.75, 3.05) is 6.54 Å². The number of carbonyl (C=O) groups excluding carboxylic acids is 1. The van der Waals surface area contributed by atoms with Gasteiger partial charge in [0.2, 0.25) is 0 Å². The predicted molar refractivity (Wildman–Crippen MR) is 76.9 cm³/mol. The van der Waals surface area contributed by atoms with Gasteiger partial charge in [-0.3, -0.25) is 4.79 Å². The Balaban J connectivity index is 1.93. The number of nitrogens with two attached hydrogens (primary N) is 1. The molecule has 0 aliphatic carbocycles. The highest BCUT2D eigenvalue weighted by Gasteiger charge is 2.09. The molecule has 4 nitrogen and oxygen atoms in total. The van der Waals surface area contributed by atoms with Gasteiger partial charge in [-0.15, -0.1) is 0 Å². The van der Waals surface area contributed by atoms with E-state index >= 15 is 0 Å². The van der Waals surface area contributed by atoms with Crippen molar-refractivity contribution in [3.8, 4) is 6.07 Å². The van der Waals surface area contributed by atoms with Crippen molar-refractivity contribution >= 4 is 5.91 Å². The Kier molecular flexibility index (Phi) is 4.48. The Hall–Kier alpha value is -2.64. The van der Waals surface area contributed by atoms with Crippen LogP contribution in [-0.4, -0.2) is 12.5 Å². The highest BCUT2D eigenvalue weighted by molar-refractivity contribution is 5.94. The number of rotatable bonds is 4. The Morgan fingerprint density at radius 2 is 1.80 bits per heavy atom. The first-order valence-corrected chi connectivity index (χ1v) is 6.29. The van der Waals surface area contributed by atoms with Gasteiger partial charge in [0.15, 0.2) is 0 Å². The van der Waals surface area contributed by atoms with Gasteiger partial charge in [0, 0.05) is 18.2 Å². The van der Waals surface area contributed by atoms with Crippen LogP contribution in [0.2, 0.25) is 0 Å². The van der Waals surface area contributed by atoms with Gasteiger partial charge in [0.05, 0.1) is 11.6 Å². The molecule has 0 radical (unpaired) electrons. The second-order valence-electron chi connectivity index (χ2n) is 4.42. The van der Waals surface area contributed by atoms with E-state index < -0.39 is 0 Å². The smallest absolute Gasteiger partial charge is 0.251 e. The molecular weight excluding hydrogens is 250 g/mol. The maximum atomic E-state index is 11.9. The fourth-order valence-corrected chi connectivity index (χ4v) is 1.82. The molecule has 3 N–H and O–H groups in total. The van der Waals surface area contributed by atoms with Gasteiger partial charge in [0.1, 0.15) is 0 Å². The molecule has 0 aliphatic heterocycles. The molecule has 0 aliphatic rings. The summed E-state index contributed by atoms with van der Waals surface area (Å²) < 4.78 is 0. The van der Waals surface area contributed by atoms with Crippen LogP contribution in [0.1, 0.15) is 27.5 Å². The second-order valence-corrected chi connectivity index (χ2v) is 4.42. The topological polar surface area (TPSA) is 78.9 Å². The molecule has 20 heavy (non-hydrogen) atoms. The number of nitrogens with zero attached hydrogens (tertiary/aromatic N) is 1. The summed E-state index contributed by atoms with van der Waals surface area (Å²) >= 11 is 0. The summed E-state index contributed by atoms with van der Waals surface area (Å²) in [6, 6.07) is 17.9. The lowest BCUT2D eigenvalue weighted by molar-refractivity contribution is 0.0951. The highest BCUT2D eigenvalue weighted by Crippen LogP contribution is 2.09. The molecule has 2 aromatic carbocycles. The molecule has 1 unspecified atom stereocenters. The molecule has 0 spiro atoms. The molecule has 2 rings (SSSR count). The van der Waals surface area contributed by atoms with Crippen molar-refractivity contribution in [1.29, 1.82) is 5.26 Å². The van der Waals surface area contributed by atoms with E-state index in [-0.39, 0.29) is 11.9 Å². The lowest BCUT2D eigenvalue weighted by atomic mass is 10.1. The zero-order chi connectivity index (χ0) is 14.4. The molecule has 1 amide bonds. The molecular formula is C16H15N3O. The highest BCUT2D eigenvalue weighted by atomic mass is 16.1. The molecule has 4 heteroatoms. The first-order chi connectivity index (χ1) is 9.70. The molecule has 0 fully saturated rings. The number of carbonyl (C=O) groups is 1. The molecule has 0 heterocycles. The monoisotopic (exact) mass is 265 g/mol. The lowest BCUT2D eigenvalue weighted by Gasteiger charge is -2.13. The van der Waals surface area contributed by atoms with E-state index in [9.17, 15) is 4.79 Å². The van der Waals surface area contributed by atoms with E-state index in [4.69, 9.17) is 11.0 Å². The molecule has 1 atom stereocenters. The quantitative estimate of drug-likeness (QED) is 0.887. The van der Waals surface area contributed by atoms with Crippen LogP contribution in [0.3, 0.4) is 0 Å². The molecule has 0 aromatic heterocycles. The van der Waals surface area contributed by atoms with Gasteiger partial charge in [-0.1, -0.05) is 30.3 Å². The van der Waals surface area contributed by atoms with E-state index in [0.29, 0.717) is 17.7 Å². The van der Waals surface area contributed by atoms with Crippen LogP contribution in [0.4, 0.5) is 0 Å². The van der Waals surface area contributed by atoms with Crippen molar-refractivity contribution in [3.05, 3.63) is 71.3 Å². The Bertz CT molecular complexity index is 614. The minimum absolute atomic E-state index is 0.194. The molecule has 2 aromatic rings. The number of hydrogen-bond acceptors (Lipinski definition) is 3. The number of hydrogen-bond donors (Lipinski definition) is 2. The summed E-state index contributed by atoms with van der Waals surface area (Å²) in [4.78, 5) is 11.9. The van der Waals surface area contributed by atoms with E-state index in [2.05, 4.69) is 5.32 Å². The summed E-state index contributed by atoms with van der Waals surface area (Å²) in [6.45, 7) is 0.364. The lowest BCUT2D eigenvalue weighted by Crippen LogP contribution is -2.31. The number of amides is 1. The third-order valence-electron chi connectivity index (χ3n) is 2.99. The van der Waals surface area contributed by atoms with Crippen LogP contribution in [0, 0.1) is 11.3 Å². The summed E-state index contributed by atoms with van der Waals surface area (Å²) in [7, 11) is 0. The maximum Gasteiger partial charge on any atom is 0.251 e. The number of nitrogens with one attached hydrogen (secondary N) is 1. The fraction of sp³-hybridized carbons (Fsp3) is 0.125. The van der Waals surface area contributed by atoms with Crippen molar-refractivity contribution in [3.63, 3.8) is 0 Å². The van der Waals surface area contributed by atoms with Gasteiger partial charge in [0.25, 0.3) is 5.91 Å². The second kappa shape index (κ2) is 6.50. The van der Waals surface area contributed by atoms with Crippen LogP contribution in [0.15, 0.2) is 54.6 Å². The minimum atomic E-state index is -0.237. The summed E-state index contributed by atoms with van der Waals surface area (Å²) in [5, 5.41) is 11.5. The number of nitriles is 1. The predicted octanol–water partition coefficient (Wildman–Crippen LogP) is 1.99. The van der Waals surface area contributed by atoms with E-state index in [0.717, 1.165) is 5.56 Å². The zero-order valence-electron chi connectivity index (χ0n) is 10.9. The van der Waals surface area contributed by atoms with Crippen molar-refractivity contribution in [2.24, 2.45) is 5.73 Å². The van der Waals surface area contributed by atoms with E-state index in [1.807, 2.05) is 36.4 Å². The van der Waals surface area contributed by atoms with Crippen molar-refractivity contribution in [2.45, 2.75) is 6.04 Å². The Labute approximate surface area is 117 Å². The van der Waals surface area contributed by atoms with Crippen LogP contribution < -0.4 is 11.1 Å². The largest absolute Gasteiger partial charge is 0.350 e. The Morgan fingerprint density at radius 1 is 1.15 bits per heavy atom. The third-order valence-corrected chi connectivity index (χ3v) is 2.99. The zero-order valence-corrected chi connectivity index (χ0v) is 10.9. The minimum Gasteiger partial charge on any atom is -0.350 e. The maximum absolute atomic E-state index is 11.9. The standard InChI is InChI=1S/C16H15N3O/c17-10-12-6-8-14(9-7-12)16(20)19-11-15(18)13-4-2-1-3-5-13/h1-9,15H,11,18H2,(H,19,20). The van der Waals surface area contributed by atoms with Gasteiger partial charge in [-0.05, 0) is 29.8 Å². The van der Waals surface area contributed by atoms with Gasteiger partial charge in [-0.2, -0.15) is 5.26 Å². The summed E-state index contributed by atoms with van der Waals surface area (Å²) in [5.41, 5.74) is 8.04. The molecule has 0 saturated heterocycles. The molecule has 0 bridgehead atoms. The van der Waals surface area contributed by atoms with E-state index in [1.54, 1.807) is 24.3 Å². The Morgan fingerprint density at radius 3 is 2.40 bits per heavy atom. The normalized spacial score (nSPS) is 11.4. The molecule has 100 valence electrons. The molecule has 0 saturated carbocycles. The average molecular weight is 265 g/mol. The van der Waals surface area contributed by atoms with Gasteiger partial charge >= 0.3 is 0 Å². The van der Waals surface area contributed by atoms with Crippen LogP contribution >= 0.6 is 0 Å². The number of benzene rings is 2. The van der Waals surface area contributed by atoms with Crippen LogP contribution in [0.25, 0.3) is 0 Å². The van der Waals surface area contributed by atoms with Gasteiger partial charge in [-0.25, -0.2) is 0 Å². The fourth-order valence-electron chi connectivity index (χ4n) is 1.82. The first-order valence-electron chi connectivity index (χ1n) is 6.29. The third kappa shape index (κ3) is 3.44. The van der Waals surface area contributed by atoms with E-state index in [1.165, 1.54) is 0 Å². The first kappa shape index (κ1) is 13.8. The van der Waals surface area contributed by atoms with Crippen molar-refractivity contribution < 1.29 is 4.79 Å². The summed E-state index contributed by atoms with van der Waals surface area (Å²) in [5.74, 6) is -0.194. The SMILES string of the molecule is N#Cc1ccc(C(=O)NCC(N)c2ccccc2)cc1. The average Bonchev–Trinajstić information content (AvgIpc) is 2.53. The van der Waals surface area contributed by atoms with Crippen LogP contribution in [0.5, 0.6) is 0 Å². The van der Waals surface area contributed by atoms with Crippen molar-refractivity contribution in [1.82, 2.24) is 5.32 Å². The van der Waals surface area contributed by atoms with Crippen LogP contribution in [-0.2, 0) is 0 Å².